The standard InChI is InChI=1S/C13H12N4OS/c1-19-10-4-2-9(3-5-10)18-13-12-15-6-7-17(12)8-11(14)16-13/h2-8H,14H2,1H3. The van der Waals surface area contributed by atoms with Crippen LogP contribution < -0.4 is 10.5 Å². The predicted molar refractivity (Wildman–Crippen MR) is 75.7 cm³/mol. The molecule has 0 saturated heterocycles. The average Bonchev–Trinajstić information content (AvgIpc) is 2.88. The summed E-state index contributed by atoms with van der Waals surface area (Å²) in [6.45, 7) is 0. The number of benzene rings is 1. The number of hydrogen-bond donors (Lipinski definition) is 1. The summed E-state index contributed by atoms with van der Waals surface area (Å²) in [4.78, 5) is 9.56. The quantitative estimate of drug-likeness (QED) is 0.743. The van der Waals surface area contributed by atoms with Gasteiger partial charge >= 0.3 is 0 Å². The lowest BCUT2D eigenvalue weighted by molar-refractivity contribution is 0.465. The number of ether oxygens (including phenoxy) is 1. The molecule has 0 atom stereocenters. The number of nitrogen functional groups attached to an aromatic ring is 1. The van der Waals surface area contributed by atoms with Crippen molar-refractivity contribution in [3.8, 4) is 11.6 Å². The molecule has 0 amide bonds. The Labute approximate surface area is 114 Å². The third kappa shape index (κ3) is 2.34. The molecule has 0 unspecified atom stereocenters. The van der Waals surface area contributed by atoms with Crippen molar-refractivity contribution in [2.45, 2.75) is 4.90 Å². The lowest BCUT2D eigenvalue weighted by Crippen LogP contribution is -1.98. The zero-order valence-corrected chi connectivity index (χ0v) is 11.1. The van der Waals surface area contributed by atoms with E-state index in [1.54, 1.807) is 34.8 Å². The third-order valence-electron chi connectivity index (χ3n) is 2.64. The maximum Gasteiger partial charge on any atom is 0.265 e. The first-order valence-corrected chi connectivity index (χ1v) is 6.90. The number of fused-ring (bicyclic) bond motifs is 1. The van der Waals surface area contributed by atoms with Crippen LogP contribution in [-0.2, 0) is 0 Å². The first-order valence-electron chi connectivity index (χ1n) is 5.67. The maximum absolute atomic E-state index is 5.75. The van der Waals surface area contributed by atoms with E-state index in [0.717, 1.165) is 0 Å². The summed E-state index contributed by atoms with van der Waals surface area (Å²) in [5.74, 6) is 1.50. The van der Waals surface area contributed by atoms with Crippen LogP contribution in [0.5, 0.6) is 11.6 Å². The van der Waals surface area contributed by atoms with Crippen LogP contribution in [0, 0.1) is 0 Å². The Hall–Kier alpha value is -2.21. The summed E-state index contributed by atoms with van der Waals surface area (Å²) in [6.07, 6.45) is 7.21. The average molecular weight is 272 g/mol. The van der Waals surface area contributed by atoms with Crippen molar-refractivity contribution < 1.29 is 4.74 Å². The number of imidazole rings is 1. The van der Waals surface area contributed by atoms with Gasteiger partial charge in [-0.3, -0.25) is 4.40 Å². The van der Waals surface area contributed by atoms with Gasteiger partial charge in [-0.1, -0.05) is 0 Å². The monoisotopic (exact) mass is 272 g/mol. The van der Waals surface area contributed by atoms with E-state index in [2.05, 4.69) is 9.97 Å². The Morgan fingerprint density at radius 1 is 1.26 bits per heavy atom. The second-order valence-electron chi connectivity index (χ2n) is 3.91. The molecule has 1 aromatic carbocycles. The number of hydrogen-bond acceptors (Lipinski definition) is 5. The van der Waals surface area contributed by atoms with Crippen LogP contribution in [0.3, 0.4) is 0 Å². The van der Waals surface area contributed by atoms with Crippen LogP contribution in [0.25, 0.3) is 5.65 Å². The highest BCUT2D eigenvalue weighted by molar-refractivity contribution is 7.98. The van der Waals surface area contributed by atoms with Gasteiger partial charge < -0.3 is 10.5 Å². The largest absolute Gasteiger partial charge is 0.436 e. The number of rotatable bonds is 3. The Morgan fingerprint density at radius 3 is 2.79 bits per heavy atom. The van der Waals surface area contributed by atoms with E-state index in [4.69, 9.17) is 10.5 Å². The van der Waals surface area contributed by atoms with Gasteiger partial charge in [0.2, 0.25) is 5.65 Å². The van der Waals surface area contributed by atoms with E-state index < -0.39 is 0 Å². The number of anilines is 1. The lowest BCUT2D eigenvalue weighted by Gasteiger charge is -2.07. The summed E-state index contributed by atoms with van der Waals surface area (Å²) < 4.78 is 7.53. The van der Waals surface area contributed by atoms with Crippen LogP contribution >= 0.6 is 11.8 Å². The van der Waals surface area contributed by atoms with E-state index in [1.165, 1.54) is 4.90 Å². The van der Waals surface area contributed by atoms with Crippen LogP contribution in [0.1, 0.15) is 0 Å². The van der Waals surface area contributed by atoms with Crippen molar-refractivity contribution in [1.82, 2.24) is 14.4 Å². The molecule has 0 aliphatic carbocycles. The first-order chi connectivity index (χ1) is 9.26. The van der Waals surface area contributed by atoms with Gasteiger partial charge in [-0.15, -0.1) is 11.8 Å². The normalized spacial score (nSPS) is 10.8. The van der Waals surface area contributed by atoms with Crippen molar-refractivity contribution in [3.63, 3.8) is 0 Å². The summed E-state index contributed by atoms with van der Waals surface area (Å²) in [7, 11) is 0. The summed E-state index contributed by atoms with van der Waals surface area (Å²) in [5, 5.41) is 0. The fourth-order valence-corrected chi connectivity index (χ4v) is 2.15. The van der Waals surface area contributed by atoms with Gasteiger partial charge in [-0.2, -0.15) is 4.98 Å². The second-order valence-corrected chi connectivity index (χ2v) is 4.79. The van der Waals surface area contributed by atoms with Crippen molar-refractivity contribution in [3.05, 3.63) is 42.9 Å². The highest BCUT2D eigenvalue weighted by Crippen LogP contribution is 2.26. The molecule has 19 heavy (non-hydrogen) atoms. The Bertz CT molecular complexity index is 708. The fraction of sp³-hybridized carbons (Fsp3) is 0.0769. The van der Waals surface area contributed by atoms with E-state index in [-0.39, 0.29) is 0 Å². The minimum Gasteiger partial charge on any atom is -0.436 e. The highest BCUT2D eigenvalue weighted by Gasteiger charge is 2.08. The van der Waals surface area contributed by atoms with Gasteiger partial charge in [0.25, 0.3) is 5.88 Å². The molecule has 3 aromatic rings. The SMILES string of the molecule is CSc1ccc(Oc2nc(N)cn3ccnc23)cc1. The number of nitrogens with two attached hydrogens (primary N) is 1. The number of nitrogens with zero attached hydrogens (tertiary/aromatic N) is 3. The molecule has 2 heterocycles. The van der Waals surface area contributed by atoms with Gasteiger partial charge in [0.1, 0.15) is 11.6 Å². The molecule has 5 nitrogen and oxygen atoms in total. The molecule has 0 spiro atoms. The van der Waals surface area contributed by atoms with Crippen molar-refractivity contribution in [1.29, 1.82) is 0 Å². The molecule has 3 rings (SSSR count). The van der Waals surface area contributed by atoms with Gasteiger partial charge in [0.15, 0.2) is 0 Å². The molecule has 6 heteroatoms. The van der Waals surface area contributed by atoms with E-state index in [0.29, 0.717) is 23.1 Å². The van der Waals surface area contributed by atoms with Crippen LogP contribution in [0.2, 0.25) is 0 Å². The Balaban J connectivity index is 1.97. The molecule has 0 bridgehead atoms. The third-order valence-corrected chi connectivity index (χ3v) is 3.38. The van der Waals surface area contributed by atoms with Gasteiger partial charge in [0, 0.05) is 17.3 Å². The summed E-state index contributed by atoms with van der Waals surface area (Å²) in [6, 6.07) is 7.79. The second kappa shape index (κ2) is 4.81. The molecular formula is C13H12N4OS. The zero-order chi connectivity index (χ0) is 13.2. The smallest absolute Gasteiger partial charge is 0.265 e. The molecule has 0 aliphatic heterocycles. The minimum absolute atomic E-state index is 0.390. The zero-order valence-electron chi connectivity index (χ0n) is 10.3. The van der Waals surface area contributed by atoms with Crippen LogP contribution in [0.4, 0.5) is 5.82 Å². The Kier molecular flexibility index (Phi) is 3.00. The van der Waals surface area contributed by atoms with Crippen LogP contribution in [-0.4, -0.2) is 20.6 Å². The molecule has 2 aromatic heterocycles. The molecule has 0 aliphatic rings. The van der Waals surface area contributed by atoms with Crippen molar-refractivity contribution >= 4 is 23.2 Å². The number of aromatic nitrogens is 3. The van der Waals surface area contributed by atoms with Gasteiger partial charge in [-0.25, -0.2) is 4.98 Å². The van der Waals surface area contributed by atoms with Crippen LogP contribution in [0.15, 0.2) is 47.8 Å². The van der Waals surface area contributed by atoms with E-state index in [9.17, 15) is 0 Å². The molecule has 96 valence electrons. The first kappa shape index (κ1) is 11.9. The van der Waals surface area contributed by atoms with E-state index >= 15 is 0 Å². The molecule has 0 radical (unpaired) electrons. The van der Waals surface area contributed by atoms with Crippen molar-refractivity contribution in [2.75, 3.05) is 12.0 Å². The molecule has 0 saturated carbocycles. The molecular weight excluding hydrogens is 260 g/mol. The maximum atomic E-state index is 5.75. The highest BCUT2D eigenvalue weighted by atomic mass is 32.2. The summed E-state index contributed by atoms with van der Waals surface area (Å²) >= 11 is 1.68. The lowest BCUT2D eigenvalue weighted by atomic mass is 10.3. The number of thioether (sulfide) groups is 1. The van der Waals surface area contributed by atoms with Gasteiger partial charge in [0.05, 0.1) is 6.20 Å². The Morgan fingerprint density at radius 2 is 2.05 bits per heavy atom. The molecule has 2 N–H and O–H groups in total. The van der Waals surface area contributed by atoms with Gasteiger partial charge in [-0.05, 0) is 30.5 Å². The van der Waals surface area contributed by atoms with E-state index in [1.807, 2.05) is 30.5 Å². The van der Waals surface area contributed by atoms with Crippen molar-refractivity contribution in [2.24, 2.45) is 0 Å². The fourth-order valence-electron chi connectivity index (χ4n) is 1.75. The predicted octanol–water partition coefficient (Wildman–Crippen LogP) is 2.83. The summed E-state index contributed by atoms with van der Waals surface area (Å²) in [5.41, 5.74) is 6.38. The molecule has 0 fully saturated rings. The topological polar surface area (TPSA) is 65.4 Å². The minimum atomic E-state index is 0.390.